The van der Waals surface area contributed by atoms with Gasteiger partial charge in [-0.2, -0.15) is 0 Å². The quantitative estimate of drug-likeness (QED) is 0.656. The van der Waals surface area contributed by atoms with Crippen LogP contribution < -0.4 is 11.1 Å². The van der Waals surface area contributed by atoms with Crippen molar-refractivity contribution in [1.82, 2.24) is 4.98 Å². The molecule has 0 spiro atoms. The molecule has 0 bridgehead atoms. The molecule has 2 aromatic rings. The van der Waals surface area contributed by atoms with E-state index in [1.807, 2.05) is 24.3 Å². The first kappa shape index (κ1) is 13.8. The van der Waals surface area contributed by atoms with Gasteiger partial charge in [-0.25, -0.2) is 4.98 Å². The maximum absolute atomic E-state index is 11.0. The fourth-order valence-electron chi connectivity index (χ4n) is 1.95. The van der Waals surface area contributed by atoms with Crippen molar-refractivity contribution >= 4 is 23.0 Å². The first-order chi connectivity index (χ1) is 9.49. The second-order valence-corrected chi connectivity index (χ2v) is 4.73. The molecule has 3 N–H and O–H groups in total. The lowest BCUT2D eigenvalue weighted by atomic mass is 10.0. The van der Waals surface area contributed by atoms with Crippen LogP contribution in [0.4, 0.5) is 23.0 Å². The number of hydrogen-bond donors (Lipinski definition) is 2. The maximum atomic E-state index is 11.0. The standard InChI is InChI=1S/C14H16N4O2/c1-9(2)10-5-3-4-6-11(10)16-14-12(18(19)20)7-8-13(15)17-14/h3-9H,1-2H3,(H3,15,16,17). The number of nitrogens with one attached hydrogen (secondary N) is 1. The molecule has 20 heavy (non-hydrogen) atoms. The van der Waals surface area contributed by atoms with Crippen LogP contribution in [0, 0.1) is 10.1 Å². The summed E-state index contributed by atoms with van der Waals surface area (Å²) >= 11 is 0. The highest BCUT2D eigenvalue weighted by Crippen LogP contribution is 2.30. The van der Waals surface area contributed by atoms with Gasteiger partial charge >= 0.3 is 5.69 Å². The minimum Gasteiger partial charge on any atom is -0.384 e. The van der Waals surface area contributed by atoms with E-state index < -0.39 is 4.92 Å². The van der Waals surface area contributed by atoms with E-state index in [2.05, 4.69) is 24.1 Å². The van der Waals surface area contributed by atoms with Gasteiger partial charge in [-0.3, -0.25) is 10.1 Å². The topological polar surface area (TPSA) is 94.1 Å². The number of para-hydroxylation sites is 1. The molecule has 0 aliphatic rings. The largest absolute Gasteiger partial charge is 0.384 e. The lowest BCUT2D eigenvalue weighted by Gasteiger charge is -2.14. The molecule has 1 heterocycles. The van der Waals surface area contributed by atoms with Crippen LogP contribution >= 0.6 is 0 Å². The fourth-order valence-corrected chi connectivity index (χ4v) is 1.95. The zero-order chi connectivity index (χ0) is 14.7. The van der Waals surface area contributed by atoms with Gasteiger partial charge in [0.05, 0.1) is 4.92 Å². The monoisotopic (exact) mass is 272 g/mol. The smallest absolute Gasteiger partial charge is 0.311 e. The van der Waals surface area contributed by atoms with Crippen LogP contribution in [0.2, 0.25) is 0 Å². The molecule has 2 rings (SSSR count). The number of pyridine rings is 1. The summed E-state index contributed by atoms with van der Waals surface area (Å²) in [5.41, 5.74) is 7.36. The van der Waals surface area contributed by atoms with Gasteiger partial charge in [0.1, 0.15) is 5.82 Å². The highest BCUT2D eigenvalue weighted by Gasteiger charge is 2.17. The van der Waals surface area contributed by atoms with Crippen molar-refractivity contribution in [2.45, 2.75) is 19.8 Å². The van der Waals surface area contributed by atoms with Gasteiger partial charge in [0, 0.05) is 11.8 Å². The number of nitrogen functional groups attached to an aromatic ring is 1. The average molecular weight is 272 g/mol. The zero-order valence-electron chi connectivity index (χ0n) is 11.3. The molecular weight excluding hydrogens is 256 g/mol. The Kier molecular flexibility index (Phi) is 3.84. The summed E-state index contributed by atoms with van der Waals surface area (Å²) in [5.74, 6) is 0.682. The Labute approximate surface area is 116 Å². The number of anilines is 3. The van der Waals surface area contributed by atoms with E-state index in [9.17, 15) is 10.1 Å². The summed E-state index contributed by atoms with van der Waals surface area (Å²) in [6, 6.07) is 10.4. The van der Waals surface area contributed by atoms with Gasteiger partial charge in [0.25, 0.3) is 0 Å². The number of nitrogens with two attached hydrogens (primary N) is 1. The van der Waals surface area contributed by atoms with Crippen LogP contribution in [0.25, 0.3) is 0 Å². The summed E-state index contributed by atoms with van der Waals surface area (Å²) in [6.07, 6.45) is 0. The van der Waals surface area contributed by atoms with E-state index in [0.29, 0.717) is 5.92 Å². The molecule has 0 unspecified atom stereocenters. The summed E-state index contributed by atoms with van der Waals surface area (Å²) in [5, 5.41) is 14.0. The molecule has 0 atom stereocenters. The van der Waals surface area contributed by atoms with E-state index in [-0.39, 0.29) is 17.3 Å². The third kappa shape index (κ3) is 2.85. The van der Waals surface area contributed by atoms with Crippen molar-refractivity contribution in [2.24, 2.45) is 0 Å². The number of nitro groups is 1. The lowest BCUT2D eigenvalue weighted by Crippen LogP contribution is -2.04. The molecule has 0 radical (unpaired) electrons. The Hall–Kier alpha value is -2.63. The minimum absolute atomic E-state index is 0.0993. The molecule has 0 aliphatic carbocycles. The minimum atomic E-state index is -0.479. The summed E-state index contributed by atoms with van der Waals surface area (Å²) < 4.78 is 0. The average Bonchev–Trinajstić information content (AvgIpc) is 2.38. The molecule has 1 aromatic carbocycles. The first-order valence-electron chi connectivity index (χ1n) is 6.26. The molecule has 1 aromatic heterocycles. The normalized spacial score (nSPS) is 10.6. The molecule has 6 heteroatoms. The number of aromatic nitrogens is 1. The second-order valence-electron chi connectivity index (χ2n) is 4.73. The summed E-state index contributed by atoms with van der Waals surface area (Å²) in [6.45, 7) is 4.11. The highest BCUT2D eigenvalue weighted by atomic mass is 16.6. The Bertz CT molecular complexity index is 641. The molecule has 0 saturated carbocycles. The van der Waals surface area contributed by atoms with Crippen molar-refractivity contribution in [3.8, 4) is 0 Å². The summed E-state index contributed by atoms with van der Waals surface area (Å²) in [4.78, 5) is 14.6. The number of benzene rings is 1. The molecule has 0 amide bonds. The SMILES string of the molecule is CC(C)c1ccccc1Nc1nc(N)ccc1[N+](=O)[O-]. The van der Waals surface area contributed by atoms with Gasteiger partial charge in [-0.15, -0.1) is 0 Å². The molecular formula is C14H16N4O2. The predicted molar refractivity (Wildman–Crippen MR) is 79.1 cm³/mol. The van der Waals surface area contributed by atoms with Crippen LogP contribution in [-0.2, 0) is 0 Å². The number of nitrogens with zero attached hydrogens (tertiary/aromatic N) is 2. The lowest BCUT2D eigenvalue weighted by molar-refractivity contribution is -0.384. The first-order valence-corrected chi connectivity index (χ1v) is 6.26. The Morgan fingerprint density at radius 3 is 2.60 bits per heavy atom. The Balaban J connectivity index is 2.45. The fraction of sp³-hybridized carbons (Fsp3) is 0.214. The van der Waals surface area contributed by atoms with Crippen molar-refractivity contribution in [3.05, 3.63) is 52.1 Å². The molecule has 104 valence electrons. The second kappa shape index (κ2) is 5.56. The third-order valence-electron chi connectivity index (χ3n) is 2.93. The van der Waals surface area contributed by atoms with E-state index >= 15 is 0 Å². The van der Waals surface area contributed by atoms with Gasteiger partial charge in [0.2, 0.25) is 5.82 Å². The van der Waals surface area contributed by atoms with E-state index in [4.69, 9.17) is 5.73 Å². The molecule has 6 nitrogen and oxygen atoms in total. The van der Waals surface area contributed by atoms with E-state index in [1.54, 1.807) is 0 Å². The molecule has 0 saturated heterocycles. The van der Waals surface area contributed by atoms with Gasteiger partial charge < -0.3 is 11.1 Å². The third-order valence-corrected chi connectivity index (χ3v) is 2.93. The van der Waals surface area contributed by atoms with Crippen molar-refractivity contribution in [2.75, 3.05) is 11.1 Å². The number of rotatable bonds is 4. The molecule has 0 fully saturated rings. The summed E-state index contributed by atoms with van der Waals surface area (Å²) in [7, 11) is 0. The number of hydrogen-bond acceptors (Lipinski definition) is 5. The molecule has 0 aliphatic heterocycles. The van der Waals surface area contributed by atoms with Crippen molar-refractivity contribution < 1.29 is 4.92 Å². The highest BCUT2D eigenvalue weighted by molar-refractivity contribution is 5.69. The van der Waals surface area contributed by atoms with Crippen LogP contribution in [0.15, 0.2) is 36.4 Å². The van der Waals surface area contributed by atoms with Gasteiger partial charge in [-0.05, 0) is 23.6 Å². The van der Waals surface area contributed by atoms with E-state index in [1.165, 1.54) is 12.1 Å². The van der Waals surface area contributed by atoms with Crippen molar-refractivity contribution in [1.29, 1.82) is 0 Å². The Morgan fingerprint density at radius 2 is 1.95 bits per heavy atom. The zero-order valence-corrected chi connectivity index (χ0v) is 11.3. The van der Waals surface area contributed by atoms with E-state index in [0.717, 1.165) is 11.3 Å². The van der Waals surface area contributed by atoms with Crippen LogP contribution in [0.3, 0.4) is 0 Å². The van der Waals surface area contributed by atoms with Crippen LogP contribution in [-0.4, -0.2) is 9.91 Å². The van der Waals surface area contributed by atoms with Gasteiger partial charge in [-0.1, -0.05) is 32.0 Å². The van der Waals surface area contributed by atoms with Crippen LogP contribution in [0.5, 0.6) is 0 Å². The van der Waals surface area contributed by atoms with Crippen LogP contribution in [0.1, 0.15) is 25.3 Å². The van der Waals surface area contributed by atoms with Gasteiger partial charge in [0.15, 0.2) is 0 Å². The maximum Gasteiger partial charge on any atom is 0.311 e. The predicted octanol–water partition coefficient (Wildman–Crippen LogP) is 3.44. The van der Waals surface area contributed by atoms with Crippen molar-refractivity contribution in [3.63, 3.8) is 0 Å². The Morgan fingerprint density at radius 1 is 1.25 bits per heavy atom.